The van der Waals surface area contributed by atoms with Gasteiger partial charge in [-0.3, -0.25) is 4.79 Å². The Morgan fingerprint density at radius 1 is 0.967 bits per heavy atom. The van der Waals surface area contributed by atoms with Crippen LogP contribution in [0.3, 0.4) is 0 Å². The predicted octanol–water partition coefficient (Wildman–Crippen LogP) is 4.15. The topological polar surface area (TPSA) is 75.9 Å². The molecule has 3 heterocycles. The third kappa shape index (κ3) is 3.57. The Morgan fingerprint density at radius 2 is 1.70 bits per heavy atom. The average Bonchev–Trinajstić information content (AvgIpc) is 3.47. The van der Waals surface area contributed by atoms with Crippen LogP contribution in [0.1, 0.15) is 16.1 Å². The van der Waals surface area contributed by atoms with Gasteiger partial charge in [0.25, 0.3) is 5.91 Å². The van der Waals surface area contributed by atoms with Crippen LogP contribution in [0, 0.1) is 0 Å². The van der Waals surface area contributed by atoms with Gasteiger partial charge in [0.15, 0.2) is 0 Å². The van der Waals surface area contributed by atoms with Crippen molar-refractivity contribution in [2.24, 2.45) is 0 Å². The molecule has 0 saturated carbocycles. The van der Waals surface area contributed by atoms with Crippen LogP contribution in [-0.4, -0.2) is 39.2 Å². The van der Waals surface area contributed by atoms with Gasteiger partial charge >= 0.3 is 0 Å². The summed E-state index contributed by atoms with van der Waals surface area (Å²) in [7, 11) is 0. The fourth-order valence-electron chi connectivity index (χ4n) is 3.47. The Kier molecular flexibility index (Phi) is 5.20. The van der Waals surface area contributed by atoms with E-state index in [1.165, 1.54) is 43.5 Å². The van der Waals surface area contributed by atoms with Gasteiger partial charge in [-0.2, -0.15) is 4.68 Å². The number of hydrogen-bond acceptors (Lipinski definition) is 7. The number of amides is 1. The number of nitrogens with zero attached hydrogens (tertiary/aromatic N) is 5. The van der Waals surface area contributed by atoms with Crippen molar-refractivity contribution >= 4 is 40.4 Å². The van der Waals surface area contributed by atoms with Gasteiger partial charge in [0, 0.05) is 22.9 Å². The number of carbonyl (C=O) groups is 1. The van der Waals surface area contributed by atoms with E-state index < -0.39 is 0 Å². The molecule has 1 N–H and O–H groups in total. The van der Waals surface area contributed by atoms with Crippen molar-refractivity contribution in [1.82, 2.24) is 25.5 Å². The number of benzene rings is 2. The molecule has 1 amide bonds. The summed E-state index contributed by atoms with van der Waals surface area (Å²) in [6, 6.07) is 18.7. The van der Waals surface area contributed by atoms with Crippen molar-refractivity contribution < 1.29 is 4.79 Å². The number of thiophene rings is 1. The summed E-state index contributed by atoms with van der Waals surface area (Å²) in [6.45, 7) is 1.40. The minimum Gasteiger partial charge on any atom is -0.351 e. The predicted molar refractivity (Wildman–Crippen MR) is 118 cm³/mol. The summed E-state index contributed by atoms with van der Waals surface area (Å²) in [5.74, 6) is -0.106. The number of tetrazole rings is 1. The van der Waals surface area contributed by atoms with E-state index in [1.54, 1.807) is 11.8 Å². The molecule has 2 aromatic heterocycles. The minimum atomic E-state index is -0.106. The maximum absolute atomic E-state index is 12.7. The van der Waals surface area contributed by atoms with Gasteiger partial charge in [-0.25, -0.2) is 0 Å². The van der Waals surface area contributed by atoms with Gasteiger partial charge in [0.1, 0.15) is 11.2 Å². The second-order valence-electron chi connectivity index (χ2n) is 6.69. The summed E-state index contributed by atoms with van der Waals surface area (Å²) in [6.07, 6.45) is 2.31. The molecule has 9 heteroatoms. The minimum absolute atomic E-state index is 0.106. The third-order valence-corrected chi connectivity index (χ3v) is 6.86. The number of carbonyl (C=O) groups excluding carboxylic acids is 1. The van der Waals surface area contributed by atoms with Gasteiger partial charge < -0.3 is 10.2 Å². The highest BCUT2D eigenvalue weighted by atomic mass is 32.2. The number of nitrogens with one attached hydrogen (secondary N) is 1. The van der Waals surface area contributed by atoms with Crippen LogP contribution >= 0.6 is 23.1 Å². The average molecular weight is 435 g/mol. The smallest absolute Gasteiger partial charge is 0.263 e. The van der Waals surface area contributed by atoms with Crippen LogP contribution in [0.4, 0.5) is 11.4 Å². The molecule has 0 fully saturated rings. The van der Waals surface area contributed by atoms with Gasteiger partial charge in [-0.1, -0.05) is 36.0 Å². The van der Waals surface area contributed by atoms with Gasteiger partial charge in [-0.05, 0) is 52.6 Å². The molecule has 0 bridgehead atoms. The molecule has 4 aromatic rings. The van der Waals surface area contributed by atoms with E-state index in [0.717, 1.165) is 13.0 Å². The normalized spacial score (nSPS) is 12.3. The number of rotatable bonds is 6. The van der Waals surface area contributed by atoms with Crippen LogP contribution in [0.25, 0.3) is 5.69 Å². The Balaban J connectivity index is 1.25. The summed E-state index contributed by atoms with van der Waals surface area (Å²) in [4.78, 5) is 18.1. The lowest BCUT2D eigenvalue weighted by atomic mass is 10.2. The van der Waals surface area contributed by atoms with E-state index in [-0.39, 0.29) is 5.91 Å². The Bertz CT molecular complexity index is 1130. The first-order chi connectivity index (χ1) is 14.8. The van der Waals surface area contributed by atoms with E-state index in [4.69, 9.17) is 0 Å². The molecular formula is C21H18N6OS2. The molecule has 0 atom stereocenters. The second kappa shape index (κ2) is 8.29. The highest BCUT2D eigenvalue weighted by molar-refractivity contribution is 7.99. The number of anilines is 2. The summed E-state index contributed by atoms with van der Waals surface area (Å²) < 4.78 is 1.50. The quantitative estimate of drug-likeness (QED) is 0.460. The second-order valence-corrected chi connectivity index (χ2v) is 8.69. The molecule has 5 rings (SSSR count). The molecule has 0 aliphatic carbocycles. The van der Waals surface area contributed by atoms with Gasteiger partial charge in [0.2, 0.25) is 0 Å². The molecule has 0 radical (unpaired) electrons. The SMILES string of the molecule is O=C(NCCCN1c2ccccc2Sc2ccccc21)c1sccc1-n1cnnn1. The number of para-hydroxylation sites is 2. The van der Waals surface area contributed by atoms with Crippen molar-refractivity contribution in [2.45, 2.75) is 16.2 Å². The summed E-state index contributed by atoms with van der Waals surface area (Å²) >= 11 is 3.18. The molecule has 30 heavy (non-hydrogen) atoms. The zero-order valence-corrected chi connectivity index (χ0v) is 17.6. The Morgan fingerprint density at radius 3 is 2.40 bits per heavy atom. The molecule has 2 aromatic carbocycles. The van der Waals surface area contributed by atoms with Crippen molar-refractivity contribution in [3.05, 3.63) is 71.2 Å². The first-order valence-corrected chi connectivity index (χ1v) is 11.2. The maximum atomic E-state index is 12.7. The van der Waals surface area contributed by atoms with Crippen LogP contribution in [-0.2, 0) is 0 Å². The van der Waals surface area contributed by atoms with E-state index in [2.05, 4.69) is 74.3 Å². The van der Waals surface area contributed by atoms with E-state index in [9.17, 15) is 4.79 Å². The first-order valence-electron chi connectivity index (χ1n) is 9.54. The van der Waals surface area contributed by atoms with Gasteiger partial charge in [-0.15, -0.1) is 16.4 Å². The van der Waals surface area contributed by atoms with E-state index in [0.29, 0.717) is 17.1 Å². The zero-order chi connectivity index (χ0) is 20.3. The molecule has 0 unspecified atom stereocenters. The highest BCUT2D eigenvalue weighted by Crippen LogP contribution is 2.47. The van der Waals surface area contributed by atoms with Crippen LogP contribution in [0.2, 0.25) is 0 Å². The van der Waals surface area contributed by atoms with Crippen molar-refractivity contribution in [2.75, 3.05) is 18.0 Å². The van der Waals surface area contributed by atoms with Crippen molar-refractivity contribution in [3.63, 3.8) is 0 Å². The van der Waals surface area contributed by atoms with Crippen molar-refractivity contribution in [3.8, 4) is 5.69 Å². The fourth-order valence-corrected chi connectivity index (χ4v) is 5.36. The lowest BCUT2D eigenvalue weighted by Crippen LogP contribution is -2.29. The summed E-state index contributed by atoms with van der Waals surface area (Å²) in [5, 5.41) is 16.1. The fraction of sp³-hybridized carbons (Fsp3) is 0.143. The summed E-state index contributed by atoms with van der Waals surface area (Å²) in [5.41, 5.74) is 3.12. The molecule has 150 valence electrons. The van der Waals surface area contributed by atoms with E-state index >= 15 is 0 Å². The number of hydrogen-bond donors (Lipinski definition) is 1. The molecule has 7 nitrogen and oxygen atoms in total. The first kappa shape index (κ1) is 18.8. The molecule has 1 aliphatic rings. The largest absolute Gasteiger partial charge is 0.351 e. The van der Waals surface area contributed by atoms with Crippen LogP contribution in [0.15, 0.2) is 76.1 Å². The highest BCUT2D eigenvalue weighted by Gasteiger charge is 2.22. The molecule has 0 spiro atoms. The lowest BCUT2D eigenvalue weighted by molar-refractivity contribution is 0.0957. The van der Waals surface area contributed by atoms with Crippen LogP contribution in [0.5, 0.6) is 0 Å². The van der Waals surface area contributed by atoms with Crippen LogP contribution < -0.4 is 10.2 Å². The third-order valence-electron chi connectivity index (χ3n) is 4.82. The molecular weight excluding hydrogens is 416 g/mol. The molecule has 0 saturated heterocycles. The van der Waals surface area contributed by atoms with E-state index in [1.807, 2.05) is 11.4 Å². The monoisotopic (exact) mass is 434 g/mol. The number of aromatic nitrogens is 4. The Hall–Kier alpha value is -3.17. The zero-order valence-electron chi connectivity index (χ0n) is 15.9. The lowest BCUT2D eigenvalue weighted by Gasteiger charge is -2.32. The number of fused-ring (bicyclic) bond motifs is 2. The maximum Gasteiger partial charge on any atom is 0.263 e. The van der Waals surface area contributed by atoms with Crippen molar-refractivity contribution in [1.29, 1.82) is 0 Å². The Labute approximate surface area is 181 Å². The standard InChI is InChI=1S/C21H18N6OS2/c28-21(20-17(10-13-29-20)27-14-23-24-25-27)22-11-5-12-26-15-6-1-3-8-18(15)30-19-9-4-2-7-16(19)26/h1-4,6-10,13-14H,5,11-12H2,(H,22,28). The molecule has 1 aliphatic heterocycles. The van der Waals surface area contributed by atoms with Gasteiger partial charge in [0.05, 0.1) is 17.1 Å².